The van der Waals surface area contributed by atoms with Gasteiger partial charge in [0.05, 0.1) is 13.7 Å². The molecule has 1 aliphatic heterocycles. The topological polar surface area (TPSA) is 41.6 Å². The van der Waals surface area contributed by atoms with E-state index in [0.29, 0.717) is 13.0 Å². The van der Waals surface area contributed by atoms with Gasteiger partial charge in [-0.05, 0) is 12.3 Å². The summed E-state index contributed by atoms with van der Waals surface area (Å²) in [6, 6.07) is -0.334. The number of halogens is 3. The predicted octanol–water partition coefficient (Wildman–Crippen LogP) is 1.62. The van der Waals surface area contributed by atoms with Crippen molar-refractivity contribution in [3.63, 3.8) is 0 Å². The van der Waals surface area contributed by atoms with Crippen molar-refractivity contribution in [2.24, 2.45) is 5.92 Å². The van der Waals surface area contributed by atoms with E-state index in [0.717, 1.165) is 0 Å². The van der Waals surface area contributed by atoms with E-state index in [9.17, 15) is 18.0 Å². The Kier molecular flexibility index (Phi) is 4.62. The Bertz CT molecular complexity index is 271. The van der Waals surface area contributed by atoms with Crippen molar-refractivity contribution in [1.82, 2.24) is 10.2 Å². The molecule has 0 radical (unpaired) electrons. The molecular formula is C10H17F3N2O2. The zero-order valence-corrected chi connectivity index (χ0v) is 9.88. The van der Waals surface area contributed by atoms with Crippen LogP contribution in [-0.4, -0.2) is 50.0 Å². The summed E-state index contributed by atoms with van der Waals surface area (Å²) in [6.45, 7) is 1.65. The summed E-state index contributed by atoms with van der Waals surface area (Å²) in [5.74, 6) is 0.161. The fourth-order valence-corrected chi connectivity index (χ4v) is 2.04. The fraction of sp³-hybridized carbons (Fsp3) is 0.900. The van der Waals surface area contributed by atoms with Gasteiger partial charge in [0.15, 0.2) is 0 Å². The number of nitrogens with one attached hydrogen (secondary N) is 1. The van der Waals surface area contributed by atoms with E-state index in [-0.39, 0.29) is 18.5 Å². The second-order valence-electron chi connectivity index (χ2n) is 4.41. The molecule has 1 rings (SSSR count). The first-order valence-corrected chi connectivity index (χ1v) is 5.45. The van der Waals surface area contributed by atoms with Crippen LogP contribution in [0.15, 0.2) is 0 Å². The summed E-state index contributed by atoms with van der Waals surface area (Å²) in [7, 11) is 1.26. The zero-order valence-electron chi connectivity index (χ0n) is 9.88. The number of ether oxygens (including phenoxy) is 1. The third-order valence-electron chi connectivity index (χ3n) is 2.68. The minimum absolute atomic E-state index is 0.161. The lowest BCUT2D eigenvalue weighted by Gasteiger charge is -2.36. The quantitative estimate of drug-likeness (QED) is 0.814. The summed E-state index contributed by atoms with van der Waals surface area (Å²) < 4.78 is 40.8. The van der Waals surface area contributed by atoms with Crippen LogP contribution in [0.2, 0.25) is 0 Å². The zero-order chi connectivity index (χ0) is 13.1. The van der Waals surface area contributed by atoms with E-state index in [4.69, 9.17) is 0 Å². The number of carbonyl (C=O) groups excluding carboxylic acids is 1. The minimum atomic E-state index is -4.23. The number of alkyl halides is 3. The number of nitrogens with zero attached hydrogens (tertiary/aromatic N) is 1. The van der Waals surface area contributed by atoms with Crippen LogP contribution in [0.5, 0.6) is 0 Å². The van der Waals surface area contributed by atoms with Crippen LogP contribution >= 0.6 is 0 Å². The summed E-state index contributed by atoms with van der Waals surface area (Å²) in [5, 5.41) is 2.43. The molecule has 1 heterocycles. The highest BCUT2D eigenvalue weighted by Gasteiger charge is 2.32. The van der Waals surface area contributed by atoms with E-state index in [1.54, 1.807) is 0 Å². The maximum Gasteiger partial charge on any atom is 0.409 e. The van der Waals surface area contributed by atoms with Gasteiger partial charge in [-0.1, -0.05) is 6.92 Å². The lowest BCUT2D eigenvalue weighted by atomic mass is 9.96. The molecular weight excluding hydrogens is 237 g/mol. The molecule has 1 saturated heterocycles. The molecule has 17 heavy (non-hydrogen) atoms. The third-order valence-corrected chi connectivity index (χ3v) is 2.68. The first-order chi connectivity index (χ1) is 7.81. The maximum atomic E-state index is 12.1. The fourth-order valence-electron chi connectivity index (χ4n) is 2.04. The van der Waals surface area contributed by atoms with Crippen LogP contribution in [0.4, 0.5) is 18.0 Å². The summed E-state index contributed by atoms with van der Waals surface area (Å²) >= 11 is 0. The van der Waals surface area contributed by atoms with Gasteiger partial charge in [0.25, 0.3) is 0 Å². The molecule has 0 aromatic carbocycles. The lowest BCUT2D eigenvalue weighted by Crippen LogP contribution is -2.52. The van der Waals surface area contributed by atoms with Gasteiger partial charge >= 0.3 is 12.3 Å². The molecule has 1 aliphatic rings. The maximum absolute atomic E-state index is 12.1. The van der Waals surface area contributed by atoms with Crippen molar-refractivity contribution in [1.29, 1.82) is 0 Å². The number of rotatable bonds is 2. The second-order valence-corrected chi connectivity index (χ2v) is 4.41. The molecule has 1 fully saturated rings. The lowest BCUT2D eigenvalue weighted by molar-refractivity contribution is -0.127. The molecule has 2 atom stereocenters. The van der Waals surface area contributed by atoms with E-state index in [1.807, 2.05) is 6.92 Å². The normalized spacial score (nSPS) is 25.8. The molecule has 7 heteroatoms. The van der Waals surface area contributed by atoms with Gasteiger partial charge in [-0.25, -0.2) is 4.79 Å². The van der Waals surface area contributed by atoms with Crippen molar-refractivity contribution in [2.45, 2.75) is 25.6 Å². The van der Waals surface area contributed by atoms with Crippen LogP contribution in [0.25, 0.3) is 0 Å². The molecule has 0 aromatic rings. The Morgan fingerprint density at radius 3 is 2.65 bits per heavy atom. The van der Waals surface area contributed by atoms with Crippen LogP contribution in [0.3, 0.4) is 0 Å². The Morgan fingerprint density at radius 2 is 2.12 bits per heavy atom. The van der Waals surface area contributed by atoms with Crippen LogP contribution in [0.1, 0.15) is 13.3 Å². The predicted molar refractivity (Wildman–Crippen MR) is 55.6 cm³/mol. The number of amides is 1. The smallest absolute Gasteiger partial charge is 0.409 e. The van der Waals surface area contributed by atoms with Crippen molar-refractivity contribution in [3.8, 4) is 0 Å². The highest BCUT2D eigenvalue weighted by atomic mass is 19.4. The molecule has 0 saturated carbocycles. The van der Waals surface area contributed by atoms with Gasteiger partial charge in [-0.15, -0.1) is 0 Å². The van der Waals surface area contributed by atoms with Gasteiger partial charge < -0.3 is 15.0 Å². The Hall–Kier alpha value is -0.980. The Labute approximate surface area is 98.1 Å². The first-order valence-electron chi connectivity index (χ1n) is 5.45. The Morgan fingerprint density at radius 1 is 1.47 bits per heavy atom. The second kappa shape index (κ2) is 5.57. The standard InChI is InChI=1S/C10H17F3N2O2/c1-7-3-8(14-6-10(11,12)13)5-15(4-7)9(16)17-2/h7-8,14H,3-6H2,1-2H3. The van der Waals surface area contributed by atoms with E-state index in [1.165, 1.54) is 12.0 Å². The van der Waals surface area contributed by atoms with E-state index >= 15 is 0 Å². The monoisotopic (exact) mass is 254 g/mol. The van der Waals surface area contributed by atoms with Gasteiger partial charge in [0.2, 0.25) is 0 Å². The van der Waals surface area contributed by atoms with Crippen molar-refractivity contribution < 1.29 is 22.7 Å². The van der Waals surface area contributed by atoms with Crippen molar-refractivity contribution in [3.05, 3.63) is 0 Å². The van der Waals surface area contributed by atoms with Crippen molar-refractivity contribution in [2.75, 3.05) is 26.7 Å². The van der Waals surface area contributed by atoms with Crippen LogP contribution < -0.4 is 5.32 Å². The minimum Gasteiger partial charge on any atom is -0.453 e. The first kappa shape index (κ1) is 14.1. The van der Waals surface area contributed by atoms with Crippen LogP contribution in [0, 0.1) is 5.92 Å². The molecule has 0 bridgehead atoms. The SMILES string of the molecule is COC(=O)N1CC(C)CC(NCC(F)(F)F)C1. The molecule has 2 unspecified atom stereocenters. The van der Waals surface area contributed by atoms with Crippen molar-refractivity contribution >= 4 is 6.09 Å². The number of methoxy groups -OCH3 is 1. The molecule has 0 spiro atoms. The largest absolute Gasteiger partial charge is 0.453 e. The summed E-state index contributed by atoms with van der Waals surface area (Å²) in [6.07, 6.45) is -4.09. The van der Waals surface area contributed by atoms with E-state index < -0.39 is 18.8 Å². The Balaban J connectivity index is 2.48. The molecule has 0 aliphatic carbocycles. The van der Waals surface area contributed by atoms with Gasteiger partial charge in [-0.2, -0.15) is 13.2 Å². The molecule has 100 valence electrons. The summed E-state index contributed by atoms with van der Waals surface area (Å²) in [5.41, 5.74) is 0. The highest BCUT2D eigenvalue weighted by molar-refractivity contribution is 5.67. The highest BCUT2D eigenvalue weighted by Crippen LogP contribution is 2.19. The van der Waals surface area contributed by atoms with Gasteiger partial charge in [0, 0.05) is 19.1 Å². The summed E-state index contributed by atoms with van der Waals surface area (Å²) in [4.78, 5) is 12.7. The van der Waals surface area contributed by atoms with E-state index in [2.05, 4.69) is 10.1 Å². The third kappa shape index (κ3) is 4.80. The van der Waals surface area contributed by atoms with Crippen LogP contribution in [-0.2, 0) is 4.74 Å². The molecule has 4 nitrogen and oxygen atoms in total. The average molecular weight is 254 g/mol. The number of likely N-dealkylation sites (tertiary alicyclic amines) is 1. The molecule has 0 aromatic heterocycles. The number of piperidine rings is 1. The number of hydrogen-bond donors (Lipinski definition) is 1. The van der Waals surface area contributed by atoms with Gasteiger partial charge in [-0.3, -0.25) is 0 Å². The van der Waals surface area contributed by atoms with Gasteiger partial charge in [0.1, 0.15) is 0 Å². The molecule has 1 N–H and O–H groups in total. The average Bonchev–Trinajstić information content (AvgIpc) is 2.23. The molecule has 1 amide bonds. The number of carbonyl (C=O) groups is 1. The number of hydrogen-bond acceptors (Lipinski definition) is 3.